The van der Waals surface area contributed by atoms with Gasteiger partial charge in [0, 0.05) is 5.39 Å². The second-order valence-corrected chi connectivity index (χ2v) is 8.79. The number of alkyl halides is 2. The van der Waals surface area contributed by atoms with Crippen molar-refractivity contribution in [3.8, 4) is 5.75 Å². The van der Waals surface area contributed by atoms with Gasteiger partial charge in [0.2, 0.25) is 0 Å². The van der Waals surface area contributed by atoms with Crippen LogP contribution in [0.2, 0.25) is 0 Å². The van der Waals surface area contributed by atoms with Crippen LogP contribution in [-0.4, -0.2) is 16.8 Å². The van der Waals surface area contributed by atoms with Crippen LogP contribution in [0.1, 0.15) is 54.8 Å². The number of aryl methyl sites for hydroxylation is 3. The highest BCUT2D eigenvalue weighted by Gasteiger charge is 2.24. The van der Waals surface area contributed by atoms with Gasteiger partial charge in [0.15, 0.2) is 5.76 Å². The minimum atomic E-state index is -2.77. The minimum Gasteiger partial charge on any atom is -0.485 e. The van der Waals surface area contributed by atoms with E-state index in [-0.39, 0.29) is 27.8 Å². The lowest BCUT2D eigenvalue weighted by Gasteiger charge is -2.09. The zero-order chi connectivity index (χ0) is 24.6. The molecular formula is C24H21F2N3O4S. The summed E-state index contributed by atoms with van der Waals surface area (Å²) >= 11 is 0.844. The molecule has 0 fully saturated rings. The Hall–Kier alpha value is -3.79. The Labute approximate surface area is 197 Å². The summed E-state index contributed by atoms with van der Waals surface area (Å²) in [5.41, 5.74) is 7.62. The van der Waals surface area contributed by atoms with Crippen LogP contribution < -0.4 is 15.8 Å². The molecule has 3 N–H and O–H groups in total. The van der Waals surface area contributed by atoms with Crippen LogP contribution in [0.5, 0.6) is 5.75 Å². The van der Waals surface area contributed by atoms with Crippen LogP contribution >= 0.6 is 11.3 Å². The lowest BCUT2D eigenvalue weighted by Crippen LogP contribution is -2.16. The first kappa shape index (κ1) is 23.4. The number of rotatable bonds is 7. The zero-order valence-electron chi connectivity index (χ0n) is 18.6. The number of aromatic nitrogens is 1. The van der Waals surface area contributed by atoms with Crippen LogP contribution in [0.25, 0.3) is 10.2 Å². The van der Waals surface area contributed by atoms with E-state index < -0.39 is 23.9 Å². The van der Waals surface area contributed by atoms with Gasteiger partial charge in [0.25, 0.3) is 18.2 Å². The molecule has 3 heterocycles. The number of amides is 2. The number of pyridine rings is 1. The molecule has 0 radical (unpaired) electrons. The number of halogens is 2. The Bertz CT molecular complexity index is 1410. The van der Waals surface area contributed by atoms with E-state index in [1.54, 1.807) is 13.0 Å². The maximum atomic E-state index is 13.1. The molecule has 3 aromatic heterocycles. The molecule has 0 saturated carbocycles. The van der Waals surface area contributed by atoms with E-state index in [1.165, 1.54) is 12.1 Å². The monoisotopic (exact) mass is 485 g/mol. The minimum absolute atomic E-state index is 0.00963. The topological polar surface area (TPSA) is 107 Å². The molecule has 0 bridgehead atoms. The number of primary amides is 1. The van der Waals surface area contributed by atoms with E-state index in [0.717, 1.165) is 22.5 Å². The first-order valence-electron chi connectivity index (χ1n) is 10.3. The number of nitrogens with zero attached hydrogens (tertiary/aromatic N) is 1. The molecule has 34 heavy (non-hydrogen) atoms. The van der Waals surface area contributed by atoms with Gasteiger partial charge >= 0.3 is 0 Å². The molecule has 4 aromatic rings. The number of fused-ring (bicyclic) bond motifs is 1. The van der Waals surface area contributed by atoms with E-state index in [9.17, 15) is 18.4 Å². The smallest absolute Gasteiger partial charge is 0.291 e. The summed E-state index contributed by atoms with van der Waals surface area (Å²) in [6.45, 7) is 5.60. The Balaban J connectivity index is 1.58. The Kier molecular flexibility index (Phi) is 6.34. The molecule has 4 rings (SSSR count). The zero-order valence-corrected chi connectivity index (χ0v) is 19.4. The number of thiophene rings is 1. The van der Waals surface area contributed by atoms with Crippen LogP contribution in [0.4, 0.5) is 14.5 Å². The predicted molar refractivity (Wildman–Crippen MR) is 125 cm³/mol. The molecule has 0 aliphatic heterocycles. The molecule has 7 nitrogen and oxygen atoms in total. The van der Waals surface area contributed by atoms with E-state index in [0.29, 0.717) is 22.5 Å². The Morgan fingerprint density at radius 3 is 2.62 bits per heavy atom. The first-order chi connectivity index (χ1) is 16.1. The van der Waals surface area contributed by atoms with Crippen molar-refractivity contribution in [1.29, 1.82) is 0 Å². The molecule has 2 amide bonds. The normalized spacial score (nSPS) is 11.2. The van der Waals surface area contributed by atoms with Crippen molar-refractivity contribution < 1.29 is 27.5 Å². The van der Waals surface area contributed by atoms with Crippen molar-refractivity contribution in [1.82, 2.24) is 4.98 Å². The van der Waals surface area contributed by atoms with Crippen LogP contribution in [0, 0.1) is 20.8 Å². The van der Waals surface area contributed by atoms with Crippen LogP contribution in [0.3, 0.4) is 0 Å². The van der Waals surface area contributed by atoms with Gasteiger partial charge < -0.3 is 20.2 Å². The fraction of sp³-hybridized carbons (Fsp3) is 0.208. The van der Waals surface area contributed by atoms with Gasteiger partial charge in [-0.3, -0.25) is 9.59 Å². The third-order valence-corrected chi connectivity index (χ3v) is 6.26. The predicted octanol–water partition coefficient (Wildman–Crippen LogP) is 5.68. The quantitative estimate of drug-likeness (QED) is 0.350. The summed E-state index contributed by atoms with van der Waals surface area (Å²) in [5, 5.41) is 3.01. The Morgan fingerprint density at radius 2 is 1.91 bits per heavy atom. The third-order valence-electron chi connectivity index (χ3n) is 5.16. The largest absolute Gasteiger partial charge is 0.485 e. The van der Waals surface area contributed by atoms with Gasteiger partial charge in [0.1, 0.15) is 33.5 Å². The van der Waals surface area contributed by atoms with Gasteiger partial charge in [-0.1, -0.05) is 12.1 Å². The number of ether oxygens (including phenoxy) is 1. The van der Waals surface area contributed by atoms with Crippen molar-refractivity contribution in [3.05, 3.63) is 75.2 Å². The highest BCUT2D eigenvalue weighted by atomic mass is 32.1. The number of nitrogens with two attached hydrogens (primary N) is 1. The molecule has 0 aliphatic carbocycles. The fourth-order valence-electron chi connectivity index (χ4n) is 3.48. The van der Waals surface area contributed by atoms with Gasteiger partial charge in [0.05, 0.1) is 5.69 Å². The standard InChI is InChI=1S/C24H21F2N3O4S/c1-11-4-5-12(2)17(8-11)32-10-14-6-7-16(33-14)23(31)29-19-18-13(3)9-15(21(25)26)28-24(18)34-20(19)22(27)30/h4-9,21H,10H2,1-3H3,(H2,27,30)(H,29,31). The second-order valence-electron chi connectivity index (χ2n) is 7.79. The molecule has 1 aromatic carbocycles. The SMILES string of the molecule is Cc1ccc(C)c(OCc2ccc(C(=O)Nc3c(C(N)=O)sc4nc(C(F)F)cc(C)c34)o2)c1. The number of benzene rings is 1. The van der Waals surface area contributed by atoms with Crippen molar-refractivity contribution in [2.45, 2.75) is 33.8 Å². The lowest BCUT2D eigenvalue weighted by atomic mass is 10.1. The summed E-state index contributed by atoms with van der Waals surface area (Å²) < 4.78 is 37.7. The molecule has 0 spiro atoms. The number of anilines is 1. The first-order valence-corrected chi connectivity index (χ1v) is 11.1. The van der Waals surface area contributed by atoms with E-state index in [1.807, 2.05) is 32.0 Å². The van der Waals surface area contributed by atoms with Crippen LogP contribution in [-0.2, 0) is 6.61 Å². The number of furan rings is 1. The number of carbonyl (C=O) groups excluding carboxylic acids is 2. The second kappa shape index (κ2) is 9.22. The van der Waals surface area contributed by atoms with E-state index in [4.69, 9.17) is 14.9 Å². The summed E-state index contributed by atoms with van der Waals surface area (Å²) in [6.07, 6.45) is -2.77. The van der Waals surface area contributed by atoms with Crippen molar-refractivity contribution in [2.24, 2.45) is 5.73 Å². The van der Waals surface area contributed by atoms with Crippen molar-refractivity contribution in [2.75, 3.05) is 5.32 Å². The summed E-state index contributed by atoms with van der Waals surface area (Å²) in [5.74, 6) is -0.305. The highest BCUT2D eigenvalue weighted by molar-refractivity contribution is 7.21. The average Bonchev–Trinajstić information content (AvgIpc) is 3.39. The molecule has 176 valence electrons. The third kappa shape index (κ3) is 4.62. The molecule has 10 heteroatoms. The summed E-state index contributed by atoms with van der Waals surface area (Å²) in [7, 11) is 0. The molecule has 0 aliphatic rings. The Morgan fingerprint density at radius 1 is 1.15 bits per heavy atom. The lowest BCUT2D eigenvalue weighted by molar-refractivity contribution is 0.0992. The van der Waals surface area contributed by atoms with E-state index in [2.05, 4.69) is 10.3 Å². The van der Waals surface area contributed by atoms with Gasteiger partial charge in [-0.25, -0.2) is 13.8 Å². The number of nitrogens with one attached hydrogen (secondary N) is 1. The fourth-order valence-corrected chi connectivity index (χ4v) is 4.54. The van der Waals surface area contributed by atoms with Gasteiger partial charge in [-0.15, -0.1) is 11.3 Å². The molecule has 0 unspecified atom stereocenters. The molecular weight excluding hydrogens is 464 g/mol. The summed E-state index contributed by atoms with van der Waals surface area (Å²) in [6, 6.07) is 10.2. The number of hydrogen-bond donors (Lipinski definition) is 2. The average molecular weight is 486 g/mol. The van der Waals surface area contributed by atoms with Gasteiger partial charge in [-0.2, -0.15) is 0 Å². The highest BCUT2D eigenvalue weighted by Crippen LogP contribution is 2.38. The van der Waals surface area contributed by atoms with E-state index >= 15 is 0 Å². The molecule has 0 atom stereocenters. The van der Waals surface area contributed by atoms with Crippen LogP contribution in [0.15, 0.2) is 40.8 Å². The number of carbonyl (C=O) groups is 2. The molecule has 0 saturated heterocycles. The summed E-state index contributed by atoms with van der Waals surface area (Å²) in [4.78, 5) is 29.0. The maximum absolute atomic E-state index is 13.1. The van der Waals surface area contributed by atoms with Crippen molar-refractivity contribution in [3.63, 3.8) is 0 Å². The maximum Gasteiger partial charge on any atom is 0.291 e. The van der Waals surface area contributed by atoms with Gasteiger partial charge in [-0.05, 0) is 61.7 Å². The van der Waals surface area contributed by atoms with Crippen molar-refractivity contribution >= 4 is 39.1 Å². The number of hydrogen-bond acceptors (Lipinski definition) is 6.